The van der Waals surface area contributed by atoms with Crippen molar-refractivity contribution in [3.8, 4) is 0 Å². The molecule has 38 heavy (non-hydrogen) atoms. The van der Waals surface area contributed by atoms with Crippen LogP contribution in [-0.2, 0) is 6.18 Å². The van der Waals surface area contributed by atoms with Gasteiger partial charge in [0.1, 0.15) is 11.6 Å². The topological polar surface area (TPSA) is 98.9 Å². The minimum atomic E-state index is -4.89. The molecule has 7 nitrogen and oxygen atoms in total. The van der Waals surface area contributed by atoms with Crippen LogP contribution in [0, 0.1) is 11.6 Å². The first-order valence-electron chi connectivity index (χ1n) is 10.9. The number of nitrogens with one attached hydrogen (secondary N) is 4. The van der Waals surface area contributed by atoms with Crippen LogP contribution < -0.4 is 16.0 Å². The summed E-state index contributed by atoms with van der Waals surface area (Å²) in [6, 6.07) is 6.89. The number of rotatable bonds is 5. The number of anilines is 3. The first-order valence-corrected chi connectivity index (χ1v) is 11.3. The summed E-state index contributed by atoms with van der Waals surface area (Å²) in [5, 5.41) is 14.7. The molecule has 13 heteroatoms. The average Bonchev–Trinajstić information content (AvgIpc) is 3.47. The van der Waals surface area contributed by atoms with Crippen molar-refractivity contribution in [2.75, 3.05) is 10.6 Å². The fourth-order valence-corrected chi connectivity index (χ4v) is 4.37. The highest BCUT2D eigenvalue weighted by Gasteiger charge is 2.36. The molecule has 3 aromatic carbocycles. The Morgan fingerprint density at radius 2 is 1.79 bits per heavy atom. The van der Waals surface area contributed by atoms with E-state index in [9.17, 15) is 31.5 Å². The molecule has 2 amide bonds. The van der Waals surface area contributed by atoms with E-state index in [0.29, 0.717) is 23.5 Å². The third-order valence-electron chi connectivity index (χ3n) is 5.78. The Morgan fingerprint density at radius 1 is 1.00 bits per heavy atom. The number of benzene rings is 3. The van der Waals surface area contributed by atoms with Gasteiger partial charge in [-0.1, -0.05) is 11.6 Å². The number of aromatic nitrogens is 2. The number of alkyl halides is 3. The maximum atomic E-state index is 14.1. The summed E-state index contributed by atoms with van der Waals surface area (Å²) >= 11 is 6.27. The summed E-state index contributed by atoms with van der Waals surface area (Å²) in [5.41, 5.74) is -0.645. The minimum Gasteiger partial charge on any atom is -0.353 e. The molecule has 0 spiro atoms. The van der Waals surface area contributed by atoms with Crippen LogP contribution in [0.3, 0.4) is 0 Å². The van der Waals surface area contributed by atoms with Crippen LogP contribution >= 0.6 is 11.6 Å². The van der Waals surface area contributed by atoms with Crippen molar-refractivity contribution in [3.05, 3.63) is 105 Å². The number of nitrogens with zero attached hydrogens (tertiary/aromatic N) is 1. The lowest BCUT2D eigenvalue weighted by Gasteiger charge is -2.19. The van der Waals surface area contributed by atoms with E-state index in [0.717, 1.165) is 12.1 Å². The van der Waals surface area contributed by atoms with Crippen molar-refractivity contribution < 1.29 is 31.5 Å². The van der Waals surface area contributed by atoms with Crippen LogP contribution in [0.1, 0.15) is 43.4 Å². The maximum absolute atomic E-state index is 14.1. The van der Waals surface area contributed by atoms with Gasteiger partial charge in [-0.25, -0.2) is 8.78 Å². The number of amides is 2. The SMILES string of the molecule is O=C(Nc1cc(Nc2cn[nH]c2)cc2c1C(c1cc(F)ccc1Cl)NC2=O)c1cc(F)cc(C(F)(F)F)c1. The molecule has 1 aromatic heterocycles. The molecule has 0 aliphatic carbocycles. The zero-order chi connectivity index (χ0) is 27.2. The van der Waals surface area contributed by atoms with Crippen molar-refractivity contribution in [1.29, 1.82) is 0 Å². The zero-order valence-corrected chi connectivity index (χ0v) is 19.6. The van der Waals surface area contributed by atoms with E-state index in [2.05, 4.69) is 26.1 Å². The molecule has 0 radical (unpaired) electrons. The van der Waals surface area contributed by atoms with Crippen LogP contribution in [0.15, 0.2) is 60.9 Å². The molecule has 4 N–H and O–H groups in total. The van der Waals surface area contributed by atoms with Gasteiger partial charge < -0.3 is 16.0 Å². The molecule has 1 unspecified atom stereocenters. The lowest BCUT2D eigenvalue weighted by Crippen LogP contribution is -2.21. The molecule has 1 atom stereocenters. The molecule has 0 fully saturated rings. The number of carbonyl (C=O) groups is 2. The van der Waals surface area contributed by atoms with Gasteiger partial charge in [0.25, 0.3) is 11.8 Å². The van der Waals surface area contributed by atoms with Crippen molar-refractivity contribution in [2.45, 2.75) is 12.2 Å². The van der Waals surface area contributed by atoms with E-state index in [1.54, 1.807) is 0 Å². The first-order chi connectivity index (χ1) is 18.0. The quantitative estimate of drug-likeness (QED) is 0.224. The van der Waals surface area contributed by atoms with E-state index in [1.165, 1.54) is 30.6 Å². The van der Waals surface area contributed by atoms with E-state index >= 15 is 0 Å². The van der Waals surface area contributed by atoms with Gasteiger partial charge in [0.05, 0.1) is 23.5 Å². The van der Waals surface area contributed by atoms with Crippen molar-refractivity contribution in [3.63, 3.8) is 0 Å². The van der Waals surface area contributed by atoms with Gasteiger partial charge in [-0.05, 0) is 48.5 Å². The second-order valence-electron chi connectivity index (χ2n) is 8.35. The van der Waals surface area contributed by atoms with Gasteiger partial charge in [-0.15, -0.1) is 0 Å². The Labute approximate surface area is 216 Å². The monoisotopic (exact) mass is 547 g/mol. The minimum absolute atomic E-state index is 0.00000677. The number of carbonyl (C=O) groups excluding carboxylic acids is 2. The largest absolute Gasteiger partial charge is 0.416 e. The van der Waals surface area contributed by atoms with Crippen LogP contribution in [-0.4, -0.2) is 22.0 Å². The summed E-state index contributed by atoms with van der Waals surface area (Å²) < 4.78 is 67.6. The Morgan fingerprint density at radius 3 is 2.50 bits per heavy atom. The van der Waals surface area contributed by atoms with Crippen LogP contribution in [0.4, 0.5) is 39.0 Å². The van der Waals surface area contributed by atoms with Crippen molar-refractivity contribution >= 4 is 40.5 Å². The number of fused-ring (bicyclic) bond motifs is 1. The van der Waals surface area contributed by atoms with E-state index in [-0.39, 0.29) is 33.5 Å². The van der Waals surface area contributed by atoms with Crippen molar-refractivity contribution in [2.24, 2.45) is 0 Å². The van der Waals surface area contributed by atoms with Crippen LogP contribution in [0.25, 0.3) is 0 Å². The second-order valence-corrected chi connectivity index (χ2v) is 8.76. The van der Waals surface area contributed by atoms with E-state index in [1.807, 2.05) is 0 Å². The highest BCUT2D eigenvalue weighted by atomic mass is 35.5. The molecule has 194 valence electrons. The molecule has 1 aliphatic heterocycles. The third-order valence-corrected chi connectivity index (χ3v) is 6.12. The lowest BCUT2D eigenvalue weighted by molar-refractivity contribution is -0.137. The fraction of sp³-hybridized carbons (Fsp3) is 0.0800. The van der Waals surface area contributed by atoms with Crippen molar-refractivity contribution in [1.82, 2.24) is 15.5 Å². The Balaban J connectivity index is 1.61. The summed E-state index contributed by atoms with van der Waals surface area (Å²) in [6.07, 6.45) is -1.92. The predicted octanol–water partition coefficient (Wildman–Crippen LogP) is 6.19. The van der Waals surface area contributed by atoms with Gasteiger partial charge in [-0.3, -0.25) is 14.7 Å². The number of hydrogen-bond donors (Lipinski definition) is 4. The Bertz CT molecular complexity index is 1570. The number of halogens is 6. The van der Waals surface area contributed by atoms with Gasteiger partial charge in [0, 0.05) is 44.8 Å². The smallest absolute Gasteiger partial charge is 0.353 e. The normalized spacial score (nSPS) is 14.7. The Kier molecular flexibility index (Phi) is 6.27. The molecule has 0 saturated carbocycles. The van der Waals surface area contributed by atoms with E-state index in [4.69, 9.17) is 11.6 Å². The van der Waals surface area contributed by atoms with Gasteiger partial charge in [0.15, 0.2) is 0 Å². The molecule has 2 heterocycles. The summed E-state index contributed by atoms with van der Waals surface area (Å²) in [6.45, 7) is 0. The van der Waals surface area contributed by atoms with Gasteiger partial charge in [-0.2, -0.15) is 18.3 Å². The molecular weight excluding hydrogens is 533 g/mol. The first kappa shape index (κ1) is 25.2. The Hall–Kier alpha value is -4.45. The molecule has 0 saturated heterocycles. The van der Waals surface area contributed by atoms with E-state index < -0.39 is 46.8 Å². The number of H-pyrrole nitrogens is 1. The average molecular weight is 548 g/mol. The molecule has 0 bridgehead atoms. The molecule has 1 aliphatic rings. The predicted molar refractivity (Wildman–Crippen MR) is 128 cm³/mol. The summed E-state index contributed by atoms with van der Waals surface area (Å²) in [7, 11) is 0. The van der Waals surface area contributed by atoms with Crippen LogP contribution in [0.5, 0.6) is 0 Å². The van der Waals surface area contributed by atoms with Gasteiger partial charge in [0.2, 0.25) is 0 Å². The molecular formula is C25H15ClF5N5O2. The molecule has 5 rings (SSSR count). The highest BCUT2D eigenvalue weighted by Crippen LogP contribution is 2.41. The maximum Gasteiger partial charge on any atom is 0.416 e. The molecule has 4 aromatic rings. The van der Waals surface area contributed by atoms with Gasteiger partial charge >= 0.3 is 6.18 Å². The summed E-state index contributed by atoms with van der Waals surface area (Å²) in [5.74, 6) is -3.52. The van der Waals surface area contributed by atoms with Crippen LogP contribution in [0.2, 0.25) is 5.02 Å². The fourth-order valence-electron chi connectivity index (χ4n) is 4.14. The third kappa shape index (κ3) is 4.90. The number of hydrogen-bond acceptors (Lipinski definition) is 4. The zero-order valence-electron chi connectivity index (χ0n) is 18.9. The standard InChI is InChI=1S/C25H15ClF5N5O2/c26-19-2-1-13(27)6-17(19)22-21-18(24(38)36-22)7-15(34-16-9-32-33-10-16)8-20(21)35-23(37)11-3-12(25(29,30)31)5-14(28)4-11/h1-10,22,34H,(H,32,33)(H,35,37)(H,36,38). The lowest BCUT2D eigenvalue weighted by atomic mass is 9.95. The number of aromatic amines is 1. The second kappa shape index (κ2) is 9.45. The summed E-state index contributed by atoms with van der Waals surface area (Å²) in [4.78, 5) is 26.0. The highest BCUT2D eigenvalue weighted by molar-refractivity contribution is 6.31.